The monoisotopic (exact) mass is 239 g/mol. The third-order valence-electron chi connectivity index (χ3n) is 3.13. The summed E-state index contributed by atoms with van der Waals surface area (Å²) in [6, 6.07) is 0. The Bertz CT molecular complexity index is 324. The van der Waals surface area contributed by atoms with Gasteiger partial charge in [-0.2, -0.15) is 0 Å². The van der Waals surface area contributed by atoms with Crippen molar-refractivity contribution in [3.05, 3.63) is 18.2 Å². The second-order valence-electron chi connectivity index (χ2n) is 4.79. The van der Waals surface area contributed by atoms with Crippen molar-refractivity contribution >= 4 is 0 Å². The Hall–Kier alpha value is -0.870. The van der Waals surface area contributed by atoms with Gasteiger partial charge in [0.2, 0.25) is 0 Å². The Labute approximate surface area is 104 Å². The van der Waals surface area contributed by atoms with Gasteiger partial charge in [0.25, 0.3) is 0 Å². The second-order valence-corrected chi connectivity index (χ2v) is 4.79. The fourth-order valence-corrected chi connectivity index (χ4v) is 2.01. The van der Waals surface area contributed by atoms with Crippen LogP contribution in [-0.2, 0) is 13.0 Å². The van der Waals surface area contributed by atoms with E-state index in [1.54, 1.807) is 0 Å². The van der Waals surface area contributed by atoms with E-state index in [0.717, 1.165) is 38.2 Å². The molecule has 0 spiro atoms. The molecule has 0 aliphatic carbocycles. The van der Waals surface area contributed by atoms with Crippen molar-refractivity contribution in [2.75, 3.05) is 13.2 Å². The van der Waals surface area contributed by atoms with Crippen LogP contribution in [0.2, 0.25) is 0 Å². The largest absolute Gasteiger partial charge is 0.394 e. The van der Waals surface area contributed by atoms with Crippen LogP contribution in [0.5, 0.6) is 0 Å². The lowest BCUT2D eigenvalue weighted by atomic mass is 9.99. The van der Waals surface area contributed by atoms with Gasteiger partial charge in [-0.15, -0.1) is 0 Å². The van der Waals surface area contributed by atoms with Crippen molar-refractivity contribution in [3.8, 4) is 0 Å². The van der Waals surface area contributed by atoms with Gasteiger partial charge < -0.3 is 15.0 Å². The molecule has 0 saturated carbocycles. The zero-order chi connectivity index (χ0) is 12.7. The molecule has 1 aromatic heterocycles. The Balaban J connectivity index is 2.56. The summed E-state index contributed by atoms with van der Waals surface area (Å²) in [6.45, 7) is 8.23. The van der Waals surface area contributed by atoms with Crippen LogP contribution in [0.25, 0.3) is 0 Å². The molecule has 1 aromatic rings. The molecule has 4 nitrogen and oxygen atoms in total. The predicted octanol–water partition coefficient (Wildman–Crippen LogP) is 1.59. The van der Waals surface area contributed by atoms with Crippen LogP contribution in [0.1, 0.15) is 39.4 Å². The summed E-state index contributed by atoms with van der Waals surface area (Å²) in [4.78, 5) is 4.36. The van der Waals surface area contributed by atoms with E-state index in [0.29, 0.717) is 0 Å². The lowest BCUT2D eigenvalue weighted by Crippen LogP contribution is -2.46. The molecule has 1 unspecified atom stereocenters. The maximum absolute atomic E-state index is 9.43. The van der Waals surface area contributed by atoms with Gasteiger partial charge in [0.1, 0.15) is 5.82 Å². The topological polar surface area (TPSA) is 50.1 Å². The van der Waals surface area contributed by atoms with E-state index in [9.17, 15) is 5.11 Å². The quantitative estimate of drug-likeness (QED) is 0.724. The number of imidazole rings is 1. The van der Waals surface area contributed by atoms with Crippen LogP contribution in [-0.4, -0.2) is 33.3 Å². The van der Waals surface area contributed by atoms with Gasteiger partial charge in [0, 0.05) is 30.9 Å². The zero-order valence-electron chi connectivity index (χ0n) is 11.2. The van der Waals surface area contributed by atoms with Crippen molar-refractivity contribution in [1.29, 1.82) is 0 Å². The summed E-state index contributed by atoms with van der Waals surface area (Å²) in [6.07, 6.45) is 6.92. The lowest BCUT2D eigenvalue weighted by Gasteiger charge is -2.28. The summed E-state index contributed by atoms with van der Waals surface area (Å²) in [5.74, 6) is 1.14. The number of hydrogen-bond donors (Lipinski definition) is 2. The normalized spacial score (nSPS) is 14.8. The summed E-state index contributed by atoms with van der Waals surface area (Å²) < 4.78 is 2.19. The van der Waals surface area contributed by atoms with E-state index < -0.39 is 0 Å². The molecule has 4 heteroatoms. The number of nitrogens with zero attached hydrogens (tertiary/aromatic N) is 2. The van der Waals surface area contributed by atoms with Crippen molar-refractivity contribution in [2.45, 2.75) is 52.1 Å². The fraction of sp³-hybridized carbons (Fsp3) is 0.769. The minimum absolute atomic E-state index is 0.165. The van der Waals surface area contributed by atoms with E-state index in [4.69, 9.17) is 0 Å². The fourth-order valence-electron chi connectivity index (χ4n) is 2.01. The first-order chi connectivity index (χ1) is 8.15. The van der Waals surface area contributed by atoms with E-state index in [2.05, 4.69) is 35.6 Å². The number of likely N-dealkylation sites (N-methyl/N-ethyl adjacent to an activating group) is 1. The number of hydrogen-bond acceptors (Lipinski definition) is 3. The first kappa shape index (κ1) is 14.2. The number of aliphatic hydroxyl groups is 1. The lowest BCUT2D eigenvalue weighted by molar-refractivity contribution is 0.162. The number of nitrogens with one attached hydrogen (secondary N) is 1. The number of aryl methyl sites for hydroxylation is 2. The van der Waals surface area contributed by atoms with Gasteiger partial charge in [0.05, 0.1) is 6.61 Å². The minimum atomic E-state index is -0.192. The van der Waals surface area contributed by atoms with Crippen molar-refractivity contribution in [1.82, 2.24) is 14.9 Å². The van der Waals surface area contributed by atoms with Crippen LogP contribution >= 0.6 is 0 Å². The van der Waals surface area contributed by atoms with E-state index in [-0.39, 0.29) is 12.1 Å². The number of aliphatic hydroxyl groups excluding tert-OH is 1. The number of aromatic nitrogens is 2. The highest BCUT2D eigenvalue weighted by molar-refractivity contribution is 4.93. The molecule has 1 heterocycles. The molecular formula is C13H25N3O. The van der Waals surface area contributed by atoms with Crippen molar-refractivity contribution in [3.63, 3.8) is 0 Å². The van der Waals surface area contributed by atoms with Gasteiger partial charge in [-0.1, -0.05) is 13.8 Å². The highest BCUT2D eigenvalue weighted by Crippen LogP contribution is 2.12. The summed E-state index contributed by atoms with van der Waals surface area (Å²) in [7, 11) is 0. The zero-order valence-corrected chi connectivity index (χ0v) is 11.2. The van der Waals surface area contributed by atoms with Crippen LogP contribution in [0.4, 0.5) is 0 Å². The molecule has 0 fully saturated rings. The molecule has 0 bridgehead atoms. The van der Waals surface area contributed by atoms with Gasteiger partial charge in [0.15, 0.2) is 0 Å². The Morgan fingerprint density at radius 2 is 2.24 bits per heavy atom. The molecule has 0 radical (unpaired) electrons. The van der Waals surface area contributed by atoms with Crippen molar-refractivity contribution in [2.24, 2.45) is 0 Å². The van der Waals surface area contributed by atoms with E-state index in [1.807, 2.05) is 12.4 Å². The number of rotatable bonds is 8. The first-order valence-corrected chi connectivity index (χ1v) is 6.51. The Kier molecular flexibility index (Phi) is 5.65. The molecule has 0 aromatic carbocycles. The van der Waals surface area contributed by atoms with E-state index >= 15 is 0 Å². The standard InChI is InChI=1S/C13H25N3O/c1-4-6-12-14-8-10-16(12)9-7-13(3,11-17)15-5-2/h8,10,15,17H,4-7,9,11H2,1-3H3. The van der Waals surface area contributed by atoms with E-state index in [1.165, 1.54) is 0 Å². The average Bonchev–Trinajstić information content (AvgIpc) is 2.75. The summed E-state index contributed by atoms with van der Waals surface area (Å²) >= 11 is 0. The van der Waals surface area contributed by atoms with Crippen LogP contribution in [0, 0.1) is 0 Å². The van der Waals surface area contributed by atoms with Crippen molar-refractivity contribution < 1.29 is 5.11 Å². The van der Waals surface area contributed by atoms with Gasteiger partial charge >= 0.3 is 0 Å². The maximum atomic E-state index is 9.43. The summed E-state index contributed by atoms with van der Waals surface area (Å²) in [5.41, 5.74) is -0.192. The smallest absolute Gasteiger partial charge is 0.108 e. The highest BCUT2D eigenvalue weighted by atomic mass is 16.3. The van der Waals surface area contributed by atoms with Gasteiger partial charge in [-0.05, 0) is 26.3 Å². The van der Waals surface area contributed by atoms with Gasteiger partial charge in [-0.25, -0.2) is 4.98 Å². The molecule has 0 amide bonds. The summed E-state index contributed by atoms with van der Waals surface area (Å²) in [5, 5.41) is 12.8. The van der Waals surface area contributed by atoms with Crippen LogP contribution in [0.3, 0.4) is 0 Å². The SMILES string of the molecule is CCCc1nccn1CCC(C)(CO)NCC. The van der Waals surface area contributed by atoms with Crippen LogP contribution in [0.15, 0.2) is 12.4 Å². The molecule has 0 aliphatic heterocycles. The highest BCUT2D eigenvalue weighted by Gasteiger charge is 2.21. The Morgan fingerprint density at radius 3 is 2.82 bits per heavy atom. The molecule has 2 N–H and O–H groups in total. The molecule has 17 heavy (non-hydrogen) atoms. The minimum Gasteiger partial charge on any atom is -0.394 e. The molecular weight excluding hydrogens is 214 g/mol. The average molecular weight is 239 g/mol. The molecule has 0 aliphatic rings. The third-order valence-corrected chi connectivity index (χ3v) is 3.13. The molecule has 1 rings (SSSR count). The molecule has 1 atom stereocenters. The third kappa shape index (κ3) is 4.13. The molecule has 0 saturated heterocycles. The van der Waals surface area contributed by atoms with Gasteiger partial charge in [-0.3, -0.25) is 0 Å². The van der Waals surface area contributed by atoms with Crippen LogP contribution < -0.4 is 5.32 Å². The maximum Gasteiger partial charge on any atom is 0.108 e. The first-order valence-electron chi connectivity index (χ1n) is 6.51. The second kappa shape index (κ2) is 6.77. The molecule has 98 valence electrons. The predicted molar refractivity (Wildman–Crippen MR) is 70.0 cm³/mol. The Morgan fingerprint density at radius 1 is 1.47 bits per heavy atom.